The molecular formula is C21H17ClN2O5S. The fourth-order valence-corrected chi connectivity index (χ4v) is 4.31. The molecule has 0 unspecified atom stereocenters. The number of hydrogen-bond acceptors (Lipinski definition) is 5. The predicted octanol–water partition coefficient (Wildman–Crippen LogP) is 4.16. The van der Waals surface area contributed by atoms with Gasteiger partial charge in [0.2, 0.25) is 0 Å². The van der Waals surface area contributed by atoms with E-state index in [2.05, 4.69) is 10.0 Å². The standard InChI is InChI=1S/C21H17ClN2O5S/c22-14-4-3-5-16(12-14)30(26,27)24-18-7-2-1-6-17(18)21(25)23-15-8-9-19-20(13-15)29-11-10-28-19/h1-9,12-13,24H,10-11H2,(H,23,25). The Balaban J connectivity index is 1.58. The van der Waals surface area contributed by atoms with Crippen LogP contribution in [0.4, 0.5) is 11.4 Å². The number of sulfonamides is 1. The second-order valence-corrected chi connectivity index (χ2v) is 8.54. The molecule has 0 saturated heterocycles. The number of hydrogen-bond donors (Lipinski definition) is 2. The van der Waals surface area contributed by atoms with Crippen LogP contribution in [0.3, 0.4) is 0 Å². The molecule has 30 heavy (non-hydrogen) atoms. The Kier molecular flexibility index (Phi) is 5.52. The molecule has 0 bridgehead atoms. The van der Waals surface area contributed by atoms with Crippen LogP contribution in [0.2, 0.25) is 5.02 Å². The van der Waals surface area contributed by atoms with Gasteiger partial charge >= 0.3 is 0 Å². The molecule has 0 spiro atoms. The smallest absolute Gasteiger partial charge is 0.261 e. The van der Waals surface area contributed by atoms with Crippen molar-refractivity contribution in [3.63, 3.8) is 0 Å². The summed E-state index contributed by atoms with van der Waals surface area (Å²) in [5, 5.41) is 3.05. The monoisotopic (exact) mass is 444 g/mol. The fraction of sp³-hybridized carbons (Fsp3) is 0.0952. The van der Waals surface area contributed by atoms with Gasteiger partial charge in [-0.25, -0.2) is 8.42 Å². The average Bonchev–Trinajstić information content (AvgIpc) is 2.74. The Morgan fingerprint density at radius 1 is 0.900 bits per heavy atom. The molecule has 0 saturated carbocycles. The van der Waals surface area contributed by atoms with E-state index in [4.69, 9.17) is 21.1 Å². The lowest BCUT2D eigenvalue weighted by Crippen LogP contribution is -2.19. The van der Waals surface area contributed by atoms with Crippen LogP contribution in [0, 0.1) is 0 Å². The van der Waals surface area contributed by atoms with Crippen molar-refractivity contribution in [1.29, 1.82) is 0 Å². The van der Waals surface area contributed by atoms with Gasteiger partial charge in [0.1, 0.15) is 13.2 Å². The molecule has 7 nitrogen and oxygen atoms in total. The number of halogens is 1. The minimum absolute atomic E-state index is 0.00273. The number of fused-ring (bicyclic) bond motifs is 1. The zero-order valence-electron chi connectivity index (χ0n) is 15.6. The van der Waals surface area contributed by atoms with Crippen molar-refractivity contribution in [2.24, 2.45) is 0 Å². The summed E-state index contributed by atoms with van der Waals surface area (Å²) in [6.45, 7) is 0.900. The molecule has 4 rings (SSSR count). The lowest BCUT2D eigenvalue weighted by atomic mass is 10.1. The minimum Gasteiger partial charge on any atom is -0.486 e. The van der Waals surface area contributed by atoms with Crippen LogP contribution in [0.25, 0.3) is 0 Å². The third-order valence-corrected chi connectivity index (χ3v) is 5.92. The number of benzene rings is 3. The number of carbonyl (C=O) groups excluding carboxylic acids is 1. The van der Waals surface area contributed by atoms with Crippen LogP contribution in [-0.4, -0.2) is 27.5 Å². The van der Waals surface area contributed by atoms with Gasteiger partial charge in [0, 0.05) is 16.8 Å². The molecule has 1 heterocycles. The first-order valence-electron chi connectivity index (χ1n) is 9.01. The molecule has 9 heteroatoms. The van der Waals surface area contributed by atoms with Crippen LogP contribution < -0.4 is 19.5 Å². The maximum absolute atomic E-state index is 12.8. The van der Waals surface area contributed by atoms with E-state index in [-0.39, 0.29) is 16.1 Å². The Morgan fingerprint density at radius 3 is 2.47 bits per heavy atom. The number of carbonyl (C=O) groups is 1. The molecule has 2 N–H and O–H groups in total. The summed E-state index contributed by atoms with van der Waals surface area (Å²) in [6, 6.07) is 17.3. The van der Waals surface area contributed by atoms with Crippen LogP contribution in [0.1, 0.15) is 10.4 Å². The van der Waals surface area contributed by atoms with Crippen molar-refractivity contribution in [3.05, 3.63) is 77.3 Å². The van der Waals surface area contributed by atoms with Gasteiger partial charge in [0.05, 0.1) is 16.1 Å². The molecule has 0 aliphatic carbocycles. The molecule has 1 aliphatic heterocycles. The number of rotatable bonds is 5. The van der Waals surface area contributed by atoms with Crippen molar-refractivity contribution in [3.8, 4) is 11.5 Å². The van der Waals surface area contributed by atoms with Gasteiger partial charge in [0.25, 0.3) is 15.9 Å². The molecule has 1 aliphatic rings. The second kappa shape index (κ2) is 8.25. The lowest BCUT2D eigenvalue weighted by Gasteiger charge is -2.19. The van der Waals surface area contributed by atoms with E-state index in [0.717, 1.165) is 0 Å². The summed E-state index contributed by atoms with van der Waals surface area (Å²) in [5.41, 5.74) is 0.808. The van der Waals surface area contributed by atoms with Crippen LogP contribution in [-0.2, 0) is 10.0 Å². The molecule has 0 radical (unpaired) electrons. The van der Waals surface area contributed by atoms with Gasteiger partial charge in [0.15, 0.2) is 11.5 Å². The van der Waals surface area contributed by atoms with E-state index < -0.39 is 15.9 Å². The first-order valence-corrected chi connectivity index (χ1v) is 10.9. The zero-order chi connectivity index (χ0) is 21.1. The quantitative estimate of drug-likeness (QED) is 0.616. The predicted molar refractivity (Wildman–Crippen MR) is 114 cm³/mol. The van der Waals surface area contributed by atoms with E-state index in [1.807, 2.05) is 0 Å². The van der Waals surface area contributed by atoms with Crippen molar-refractivity contribution >= 4 is 38.9 Å². The Bertz CT molecular complexity index is 1210. The SMILES string of the molecule is O=C(Nc1ccc2c(c1)OCCO2)c1ccccc1NS(=O)(=O)c1cccc(Cl)c1. The summed E-state index contributed by atoms with van der Waals surface area (Å²) < 4.78 is 38.9. The Morgan fingerprint density at radius 2 is 1.67 bits per heavy atom. The van der Waals surface area contributed by atoms with Gasteiger partial charge in [-0.2, -0.15) is 0 Å². The molecule has 0 fully saturated rings. The normalized spacial score (nSPS) is 12.8. The number of para-hydroxylation sites is 1. The third kappa shape index (κ3) is 4.34. The average molecular weight is 445 g/mol. The maximum Gasteiger partial charge on any atom is 0.261 e. The highest BCUT2D eigenvalue weighted by Crippen LogP contribution is 2.33. The molecule has 0 atom stereocenters. The third-order valence-electron chi connectivity index (χ3n) is 4.32. The van der Waals surface area contributed by atoms with Gasteiger partial charge in [-0.3, -0.25) is 9.52 Å². The first-order chi connectivity index (χ1) is 14.4. The number of anilines is 2. The second-order valence-electron chi connectivity index (χ2n) is 6.42. The van der Waals surface area contributed by atoms with Crippen molar-refractivity contribution in [2.45, 2.75) is 4.90 Å². The van der Waals surface area contributed by atoms with Crippen LogP contribution >= 0.6 is 11.6 Å². The van der Waals surface area contributed by atoms with Crippen molar-refractivity contribution in [2.75, 3.05) is 23.3 Å². The fourth-order valence-electron chi connectivity index (χ4n) is 2.93. The minimum atomic E-state index is -3.93. The van der Waals surface area contributed by atoms with Crippen molar-refractivity contribution < 1.29 is 22.7 Å². The van der Waals surface area contributed by atoms with E-state index in [1.54, 1.807) is 36.4 Å². The highest BCUT2D eigenvalue weighted by molar-refractivity contribution is 7.92. The highest BCUT2D eigenvalue weighted by atomic mass is 35.5. The topological polar surface area (TPSA) is 93.7 Å². The van der Waals surface area contributed by atoms with Crippen LogP contribution in [0.5, 0.6) is 11.5 Å². The molecular weight excluding hydrogens is 428 g/mol. The summed E-state index contributed by atoms with van der Waals surface area (Å²) in [7, 11) is -3.93. The van der Waals surface area contributed by atoms with Gasteiger partial charge in [-0.05, 0) is 42.5 Å². The highest BCUT2D eigenvalue weighted by Gasteiger charge is 2.20. The molecule has 1 amide bonds. The molecule has 3 aromatic carbocycles. The summed E-state index contributed by atoms with van der Waals surface area (Å²) >= 11 is 5.90. The van der Waals surface area contributed by atoms with E-state index >= 15 is 0 Å². The van der Waals surface area contributed by atoms with E-state index in [9.17, 15) is 13.2 Å². The number of nitrogens with one attached hydrogen (secondary N) is 2. The molecule has 0 aromatic heterocycles. The van der Waals surface area contributed by atoms with Gasteiger partial charge in [-0.15, -0.1) is 0 Å². The van der Waals surface area contributed by atoms with Crippen LogP contribution in [0.15, 0.2) is 71.6 Å². The Labute approximate surface area is 178 Å². The summed E-state index contributed by atoms with van der Waals surface area (Å²) in [5.74, 6) is 0.666. The maximum atomic E-state index is 12.8. The largest absolute Gasteiger partial charge is 0.486 e. The summed E-state index contributed by atoms with van der Waals surface area (Å²) in [4.78, 5) is 12.8. The van der Waals surface area contributed by atoms with Gasteiger partial charge in [-0.1, -0.05) is 29.8 Å². The van der Waals surface area contributed by atoms with E-state index in [1.165, 1.54) is 30.3 Å². The summed E-state index contributed by atoms with van der Waals surface area (Å²) in [6.07, 6.45) is 0. The molecule has 3 aromatic rings. The number of ether oxygens (including phenoxy) is 2. The lowest BCUT2D eigenvalue weighted by molar-refractivity contribution is 0.102. The molecule has 154 valence electrons. The first kappa shape index (κ1) is 20.1. The zero-order valence-corrected chi connectivity index (χ0v) is 17.2. The van der Waals surface area contributed by atoms with E-state index in [0.29, 0.717) is 35.4 Å². The van der Waals surface area contributed by atoms with Crippen molar-refractivity contribution in [1.82, 2.24) is 0 Å². The van der Waals surface area contributed by atoms with Gasteiger partial charge < -0.3 is 14.8 Å². The number of amides is 1. The Hall–Kier alpha value is -3.23.